The molecule has 3 aromatic carbocycles. The van der Waals surface area contributed by atoms with Crippen LogP contribution < -0.4 is 0 Å². The van der Waals surface area contributed by atoms with E-state index >= 15 is 4.39 Å². The number of allylic oxidation sites excluding steroid dienone is 2. The number of unbranched alkanes of at least 4 members (excludes halogenated alkanes) is 2. The first-order chi connectivity index (χ1) is 14.1. The zero-order chi connectivity index (χ0) is 20.8. The molecule has 0 radical (unpaired) electrons. The largest absolute Gasteiger partial charge is 0.206 e. The van der Waals surface area contributed by atoms with E-state index < -0.39 is 17.5 Å². The van der Waals surface area contributed by atoms with Crippen molar-refractivity contribution in [2.75, 3.05) is 0 Å². The Morgan fingerprint density at radius 2 is 1.59 bits per heavy atom. The SMILES string of the molecule is C/C=C/CCc1ccc(-c2ccc3cc(CCCCC)c(F)c(F)c3c2F)cc1. The molecular formula is C26H27F3. The molecule has 0 nitrogen and oxygen atoms in total. The van der Waals surface area contributed by atoms with E-state index in [9.17, 15) is 8.78 Å². The second-order valence-electron chi connectivity index (χ2n) is 7.45. The molecule has 3 heteroatoms. The van der Waals surface area contributed by atoms with Crippen molar-refractivity contribution in [2.45, 2.75) is 52.4 Å². The topological polar surface area (TPSA) is 0 Å². The Balaban J connectivity index is 1.95. The molecule has 0 saturated heterocycles. The second-order valence-corrected chi connectivity index (χ2v) is 7.45. The van der Waals surface area contributed by atoms with Crippen LogP contribution in [-0.4, -0.2) is 0 Å². The molecule has 0 spiro atoms. The lowest BCUT2D eigenvalue weighted by molar-refractivity contribution is 0.500. The van der Waals surface area contributed by atoms with Crippen molar-refractivity contribution in [3.05, 3.63) is 83.2 Å². The number of aryl methyl sites for hydroxylation is 2. The summed E-state index contributed by atoms with van der Waals surface area (Å²) >= 11 is 0. The van der Waals surface area contributed by atoms with Crippen LogP contribution in [0.1, 0.15) is 50.7 Å². The summed E-state index contributed by atoms with van der Waals surface area (Å²) in [6, 6.07) is 12.5. The first kappa shape index (κ1) is 21.2. The molecule has 29 heavy (non-hydrogen) atoms. The fraction of sp³-hybridized carbons (Fsp3) is 0.308. The lowest BCUT2D eigenvalue weighted by Gasteiger charge is -2.12. The van der Waals surface area contributed by atoms with Gasteiger partial charge in [0.25, 0.3) is 0 Å². The van der Waals surface area contributed by atoms with Crippen LogP contribution in [0.15, 0.2) is 54.6 Å². The minimum Gasteiger partial charge on any atom is -0.206 e. The van der Waals surface area contributed by atoms with Gasteiger partial charge in [0.15, 0.2) is 11.6 Å². The summed E-state index contributed by atoms with van der Waals surface area (Å²) < 4.78 is 44.4. The van der Waals surface area contributed by atoms with Gasteiger partial charge in [-0.3, -0.25) is 0 Å². The molecule has 3 rings (SSSR count). The number of benzene rings is 3. The predicted molar refractivity (Wildman–Crippen MR) is 116 cm³/mol. The van der Waals surface area contributed by atoms with Gasteiger partial charge in [0.1, 0.15) is 5.82 Å². The van der Waals surface area contributed by atoms with Gasteiger partial charge in [-0.2, -0.15) is 0 Å². The van der Waals surface area contributed by atoms with E-state index in [1.54, 1.807) is 18.2 Å². The van der Waals surface area contributed by atoms with Crippen molar-refractivity contribution in [1.29, 1.82) is 0 Å². The van der Waals surface area contributed by atoms with Gasteiger partial charge < -0.3 is 0 Å². The molecule has 0 aliphatic heterocycles. The van der Waals surface area contributed by atoms with Gasteiger partial charge in [-0.15, -0.1) is 0 Å². The number of fused-ring (bicyclic) bond motifs is 1. The van der Waals surface area contributed by atoms with Gasteiger partial charge in [-0.05, 0) is 60.7 Å². The van der Waals surface area contributed by atoms with E-state index in [1.807, 2.05) is 37.3 Å². The normalized spacial score (nSPS) is 11.6. The summed E-state index contributed by atoms with van der Waals surface area (Å²) in [7, 11) is 0. The number of hydrogen-bond acceptors (Lipinski definition) is 0. The zero-order valence-electron chi connectivity index (χ0n) is 17.1. The van der Waals surface area contributed by atoms with E-state index in [2.05, 4.69) is 13.0 Å². The van der Waals surface area contributed by atoms with Gasteiger partial charge in [0, 0.05) is 5.56 Å². The van der Waals surface area contributed by atoms with Crippen LogP contribution in [0, 0.1) is 17.5 Å². The van der Waals surface area contributed by atoms with Gasteiger partial charge in [-0.1, -0.05) is 68.3 Å². The van der Waals surface area contributed by atoms with E-state index in [-0.39, 0.29) is 10.9 Å². The molecule has 0 saturated carbocycles. The minimum absolute atomic E-state index is 0.267. The summed E-state index contributed by atoms with van der Waals surface area (Å²) in [5.74, 6) is -2.72. The van der Waals surface area contributed by atoms with Gasteiger partial charge in [0.2, 0.25) is 0 Å². The molecule has 0 atom stereocenters. The molecule has 152 valence electrons. The first-order valence-corrected chi connectivity index (χ1v) is 10.4. The lowest BCUT2D eigenvalue weighted by Crippen LogP contribution is -1.99. The monoisotopic (exact) mass is 396 g/mol. The summed E-state index contributed by atoms with van der Waals surface area (Å²) in [5.41, 5.74) is 2.42. The Morgan fingerprint density at radius 1 is 0.828 bits per heavy atom. The van der Waals surface area contributed by atoms with Crippen LogP contribution in [0.25, 0.3) is 21.9 Å². The third-order valence-electron chi connectivity index (χ3n) is 5.35. The van der Waals surface area contributed by atoms with Crippen LogP contribution in [0.4, 0.5) is 13.2 Å². The number of rotatable bonds is 8. The van der Waals surface area contributed by atoms with Crippen LogP contribution in [0.5, 0.6) is 0 Å². The quantitative estimate of drug-likeness (QED) is 0.266. The Labute approximate surface area is 171 Å². The zero-order valence-corrected chi connectivity index (χ0v) is 17.1. The molecule has 0 unspecified atom stereocenters. The maximum absolute atomic E-state index is 15.2. The van der Waals surface area contributed by atoms with Crippen molar-refractivity contribution in [1.82, 2.24) is 0 Å². The highest BCUT2D eigenvalue weighted by atomic mass is 19.2. The fourth-order valence-electron chi connectivity index (χ4n) is 3.67. The molecule has 0 bridgehead atoms. The molecular weight excluding hydrogens is 369 g/mol. The molecule has 0 aromatic heterocycles. The Morgan fingerprint density at radius 3 is 2.28 bits per heavy atom. The highest BCUT2D eigenvalue weighted by Gasteiger charge is 2.19. The smallest absolute Gasteiger partial charge is 0.169 e. The Bertz CT molecular complexity index is 1000. The van der Waals surface area contributed by atoms with Crippen molar-refractivity contribution < 1.29 is 13.2 Å². The van der Waals surface area contributed by atoms with Crippen LogP contribution in [0.2, 0.25) is 0 Å². The molecule has 0 heterocycles. The van der Waals surface area contributed by atoms with Crippen LogP contribution in [0.3, 0.4) is 0 Å². The van der Waals surface area contributed by atoms with Crippen LogP contribution in [-0.2, 0) is 12.8 Å². The molecule has 0 N–H and O–H groups in total. The van der Waals surface area contributed by atoms with Crippen LogP contribution >= 0.6 is 0 Å². The predicted octanol–water partition coefficient (Wildman–Crippen LogP) is 8.17. The molecule has 3 aromatic rings. The average molecular weight is 396 g/mol. The van der Waals surface area contributed by atoms with Gasteiger partial charge >= 0.3 is 0 Å². The summed E-state index contributed by atoms with van der Waals surface area (Å²) in [6.07, 6.45) is 9.19. The van der Waals surface area contributed by atoms with E-state index in [0.29, 0.717) is 22.9 Å². The fourth-order valence-corrected chi connectivity index (χ4v) is 3.67. The minimum atomic E-state index is -1.09. The van der Waals surface area contributed by atoms with Crippen molar-refractivity contribution in [3.8, 4) is 11.1 Å². The molecule has 0 aliphatic rings. The van der Waals surface area contributed by atoms with Gasteiger partial charge in [0.05, 0.1) is 5.39 Å². The molecule has 0 amide bonds. The molecule has 0 fully saturated rings. The first-order valence-electron chi connectivity index (χ1n) is 10.4. The van der Waals surface area contributed by atoms with Gasteiger partial charge in [-0.25, -0.2) is 13.2 Å². The van der Waals surface area contributed by atoms with Crippen molar-refractivity contribution in [3.63, 3.8) is 0 Å². The summed E-state index contributed by atoms with van der Waals surface area (Å²) in [4.78, 5) is 0. The lowest BCUT2D eigenvalue weighted by atomic mass is 9.96. The third kappa shape index (κ3) is 4.72. The highest BCUT2D eigenvalue weighted by Crippen LogP contribution is 2.33. The van der Waals surface area contributed by atoms with Crippen molar-refractivity contribution in [2.24, 2.45) is 0 Å². The Kier molecular flexibility index (Phi) is 7.13. The highest BCUT2D eigenvalue weighted by molar-refractivity contribution is 5.89. The number of hydrogen-bond donors (Lipinski definition) is 0. The summed E-state index contributed by atoms with van der Waals surface area (Å²) in [6.45, 7) is 4.05. The summed E-state index contributed by atoms with van der Waals surface area (Å²) in [5, 5.41) is 0.135. The number of halogens is 3. The second kappa shape index (κ2) is 9.78. The average Bonchev–Trinajstić information content (AvgIpc) is 2.72. The van der Waals surface area contributed by atoms with Crippen molar-refractivity contribution >= 4 is 10.8 Å². The standard InChI is InChI=1S/C26H27F3/c1-3-5-7-9-18-11-13-19(14-12-18)22-16-15-20-17-21(10-8-6-4-2)24(27)26(29)23(20)25(22)28/h3,5,11-17H,4,6-10H2,1-2H3/b5-3+. The maximum atomic E-state index is 15.2. The van der Waals surface area contributed by atoms with E-state index in [1.165, 1.54) is 0 Å². The molecule has 0 aliphatic carbocycles. The van der Waals surface area contributed by atoms with E-state index in [0.717, 1.165) is 37.7 Å². The maximum Gasteiger partial charge on any atom is 0.169 e. The Hall–Kier alpha value is -2.55. The van der Waals surface area contributed by atoms with E-state index in [4.69, 9.17) is 0 Å². The third-order valence-corrected chi connectivity index (χ3v) is 5.35.